The van der Waals surface area contributed by atoms with Crippen LogP contribution in [0.2, 0.25) is 0 Å². The fourth-order valence-corrected chi connectivity index (χ4v) is 1.84. The summed E-state index contributed by atoms with van der Waals surface area (Å²) >= 11 is 0. The summed E-state index contributed by atoms with van der Waals surface area (Å²) in [6, 6.07) is 10.3. The molecule has 0 spiro atoms. The molecule has 1 aliphatic carbocycles. The molecule has 84 valence electrons. The van der Waals surface area contributed by atoms with Gasteiger partial charge in [-0.15, -0.1) is 0 Å². The van der Waals surface area contributed by atoms with Gasteiger partial charge in [0.25, 0.3) is 0 Å². The van der Waals surface area contributed by atoms with E-state index in [0.29, 0.717) is 0 Å². The van der Waals surface area contributed by atoms with E-state index in [4.69, 9.17) is 9.47 Å². The fraction of sp³-hybridized carbons (Fsp3) is 0.286. The number of allylic oxidation sites excluding steroid dienone is 2. The minimum Gasteiger partial charge on any atom is -0.349 e. The van der Waals surface area contributed by atoms with Crippen LogP contribution < -0.4 is 0 Å². The molecular formula is C14H16O2. The van der Waals surface area contributed by atoms with E-state index in [1.54, 1.807) is 14.2 Å². The molecule has 0 amide bonds. The third-order valence-electron chi connectivity index (χ3n) is 2.92. The van der Waals surface area contributed by atoms with Gasteiger partial charge in [0.15, 0.2) is 5.79 Å². The number of benzene rings is 1. The molecule has 0 saturated heterocycles. The maximum absolute atomic E-state index is 5.36. The van der Waals surface area contributed by atoms with E-state index in [0.717, 1.165) is 6.42 Å². The Morgan fingerprint density at radius 1 is 1.06 bits per heavy atom. The molecule has 0 bridgehead atoms. The van der Waals surface area contributed by atoms with Gasteiger partial charge < -0.3 is 9.47 Å². The molecule has 0 aliphatic heterocycles. The Labute approximate surface area is 96.2 Å². The molecule has 2 heteroatoms. The van der Waals surface area contributed by atoms with Crippen molar-refractivity contribution in [2.75, 3.05) is 14.2 Å². The summed E-state index contributed by atoms with van der Waals surface area (Å²) in [6.07, 6.45) is 6.89. The Balaban J connectivity index is 2.20. The second-order valence-corrected chi connectivity index (χ2v) is 3.78. The third-order valence-corrected chi connectivity index (χ3v) is 2.92. The predicted molar refractivity (Wildman–Crippen MR) is 64.9 cm³/mol. The van der Waals surface area contributed by atoms with Gasteiger partial charge >= 0.3 is 0 Å². The zero-order chi connectivity index (χ0) is 11.4. The van der Waals surface area contributed by atoms with Crippen molar-refractivity contribution in [1.82, 2.24) is 0 Å². The fourth-order valence-electron chi connectivity index (χ4n) is 1.84. The van der Waals surface area contributed by atoms with Crippen LogP contribution in [0.15, 0.2) is 48.6 Å². The van der Waals surface area contributed by atoms with E-state index >= 15 is 0 Å². The summed E-state index contributed by atoms with van der Waals surface area (Å²) in [5.41, 5.74) is 2.44. The molecule has 0 atom stereocenters. The van der Waals surface area contributed by atoms with Gasteiger partial charge in [0.2, 0.25) is 0 Å². The van der Waals surface area contributed by atoms with Crippen LogP contribution in [-0.2, 0) is 9.47 Å². The molecule has 2 rings (SSSR count). The van der Waals surface area contributed by atoms with E-state index in [2.05, 4.69) is 18.2 Å². The van der Waals surface area contributed by atoms with Crippen molar-refractivity contribution in [2.45, 2.75) is 12.2 Å². The van der Waals surface area contributed by atoms with Gasteiger partial charge in [-0.2, -0.15) is 0 Å². The Morgan fingerprint density at radius 3 is 2.25 bits per heavy atom. The molecule has 1 aliphatic rings. The molecule has 1 aromatic rings. The van der Waals surface area contributed by atoms with Crippen molar-refractivity contribution in [2.24, 2.45) is 0 Å². The summed E-state index contributed by atoms with van der Waals surface area (Å²) < 4.78 is 10.7. The first-order valence-electron chi connectivity index (χ1n) is 5.35. The molecule has 0 fully saturated rings. The van der Waals surface area contributed by atoms with Crippen LogP contribution in [0.3, 0.4) is 0 Å². The topological polar surface area (TPSA) is 18.5 Å². The highest BCUT2D eigenvalue weighted by molar-refractivity contribution is 5.75. The molecule has 0 radical (unpaired) electrons. The minimum atomic E-state index is -0.585. The lowest BCUT2D eigenvalue weighted by atomic mass is 9.96. The molecule has 2 nitrogen and oxygen atoms in total. The Bertz CT molecular complexity index is 400. The summed E-state index contributed by atoms with van der Waals surface area (Å²) in [5, 5.41) is 0. The van der Waals surface area contributed by atoms with E-state index < -0.39 is 5.79 Å². The Morgan fingerprint density at radius 2 is 1.75 bits per heavy atom. The number of hydrogen-bond donors (Lipinski definition) is 0. The predicted octanol–water partition coefficient (Wildman–Crippen LogP) is 3.02. The highest BCUT2D eigenvalue weighted by atomic mass is 16.7. The maximum Gasteiger partial charge on any atom is 0.190 e. The van der Waals surface area contributed by atoms with Crippen LogP contribution in [0.4, 0.5) is 0 Å². The van der Waals surface area contributed by atoms with Crippen LogP contribution in [0, 0.1) is 0 Å². The minimum absolute atomic E-state index is 0.585. The van der Waals surface area contributed by atoms with Crippen molar-refractivity contribution >= 4 is 5.57 Å². The lowest BCUT2D eigenvalue weighted by Gasteiger charge is -2.29. The molecule has 0 aromatic heterocycles. The molecule has 0 N–H and O–H groups in total. The van der Waals surface area contributed by atoms with Crippen molar-refractivity contribution in [3.63, 3.8) is 0 Å². The third kappa shape index (κ3) is 2.08. The summed E-state index contributed by atoms with van der Waals surface area (Å²) in [4.78, 5) is 0. The SMILES string of the molecule is COC1(OC)C=CC(c2ccccc2)=CC1. The lowest BCUT2D eigenvalue weighted by molar-refractivity contribution is -0.167. The zero-order valence-electron chi connectivity index (χ0n) is 9.64. The van der Waals surface area contributed by atoms with Gasteiger partial charge in [-0.1, -0.05) is 42.5 Å². The maximum atomic E-state index is 5.36. The van der Waals surface area contributed by atoms with Gasteiger partial charge in [-0.05, 0) is 17.2 Å². The van der Waals surface area contributed by atoms with E-state index in [1.165, 1.54) is 11.1 Å². The number of hydrogen-bond acceptors (Lipinski definition) is 2. The Kier molecular flexibility index (Phi) is 3.22. The normalized spacial score (nSPS) is 18.2. The van der Waals surface area contributed by atoms with Gasteiger partial charge in [-0.3, -0.25) is 0 Å². The first-order chi connectivity index (χ1) is 7.79. The average molecular weight is 216 g/mol. The number of rotatable bonds is 3. The smallest absolute Gasteiger partial charge is 0.190 e. The summed E-state index contributed by atoms with van der Waals surface area (Å²) in [5.74, 6) is -0.585. The van der Waals surface area contributed by atoms with Gasteiger partial charge in [0.1, 0.15) is 0 Å². The van der Waals surface area contributed by atoms with Gasteiger partial charge in [-0.25, -0.2) is 0 Å². The van der Waals surface area contributed by atoms with Crippen LogP contribution in [0.25, 0.3) is 5.57 Å². The lowest BCUT2D eigenvalue weighted by Crippen LogP contribution is -2.31. The average Bonchev–Trinajstić information content (AvgIpc) is 2.40. The highest BCUT2D eigenvalue weighted by Crippen LogP contribution is 2.29. The second-order valence-electron chi connectivity index (χ2n) is 3.78. The highest BCUT2D eigenvalue weighted by Gasteiger charge is 2.27. The van der Waals surface area contributed by atoms with Crippen molar-refractivity contribution < 1.29 is 9.47 Å². The van der Waals surface area contributed by atoms with Crippen molar-refractivity contribution in [1.29, 1.82) is 0 Å². The number of methoxy groups -OCH3 is 2. The monoisotopic (exact) mass is 216 g/mol. The van der Waals surface area contributed by atoms with Crippen LogP contribution in [0.1, 0.15) is 12.0 Å². The molecule has 0 saturated carbocycles. The van der Waals surface area contributed by atoms with Gasteiger partial charge in [0.05, 0.1) is 0 Å². The van der Waals surface area contributed by atoms with Gasteiger partial charge in [0, 0.05) is 20.6 Å². The number of ether oxygens (including phenoxy) is 2. The van der Waals surface area contributed by atoms with Crippen LogP contribution in [0.5, 0.6) is 0 Å². The largest absolute Gasteiger partial charge is 0.349 e. The van der Waals surface area contributed by atoms with E-state index in [1.807, 2.05) is 30.4 Å². The van der Waals surface area contributed by atoms with E-state index in [9.17, 15) is 0 Å². The molecule has 0 unspecified atom stereocenters. The van der Waals surface area contributed by atoms with Crippen molar-refractivity contribution in [3.8, 4) is 0 Å². The van der Waals surface area contributed by atoms with Crippen LogP contribution in [-0.4, -0.2) is 20.0 Å². The summed E-state index contributed by atoms with van der Waals surface area (Å²) in [7, 11) is 3.32. The van der Waals surface area contributed by atoms with Crippen molar-refractivity contribution in [3.05, 3.63) is 54.1 Å². The standard InChI is InChI=1S/C14H16O2/c1-15-14(16-2)10-8-13(9-11-14)12-6-4-3-5-7-12/h3-10H,11H2,1-2H3. The summed E-state index contributed by atoms with van der Waals surface area (Å²) in [6.45, 7) is 0. The zero-order valence-corrected chi connectivity index (χ0v) is 9.64. The molecular weight excluding hydrogens is 200 g/mol. The first kappa shape index (κ1) is 11.1. The molecule has 1 aromatic carbocycles. The van der Waals surface area contributed by atoms with Crippen LogP contribution >= 0.6 is 0 Å². The quantitative estimate of drug-likeness (QED) is 0.723. The second kappa shape index (κ2) is 4.64. The first-order valence-corrected chi connectivity index (χ1v) is 5.35. The Hall–Kier alpha value is -1.38. The van der Waals surface area contributed by atoms with E-state index in [-0.39, 0.29) is 0 Å². The molecule has 0 heterocycles. The molecule has 16 heavy (non-hydrogen) atoms.